The summed E-state index contributed by atoms with van der Waals surface area (Å²) in [5.41, 5.74) is 5.34. The summed E-state index contributed by atoms with van der Waals surface area (Å²) in [5.74, 6) is -4.24. The molecule has 156 valence electrons. The number of carboxylic acid groups (broad SMARTS) is 1. The number of thiol groups is 1. The second-order valence-electron chi connectivity index (χ2n) is 5.99. The van der Waals surface area contributed by atoms with Crippen LogP contribution in [0.4, 0.5) is 0 Å². The number of hydrogen-bond donors (Lipinski definition) is 8. The lowest BCUT2D eigenvalue weighted by Crippen LogP contribution is -2.59. The lowest BCUT2D eigenvalue weighted by atomic mass is 9.99. The van der Waals surface area contributed by atoms with Gasteiger partial charge < -0.3 is 37.0 Å². The largest absolute Gasteiger partial charge is 0.480 e. The highest BCUT2D eigenvalue weighted by atomic mass is 32.1. The summed E-state index contributed by atoms with van der Waals surface area (Å²) < 4.78 is 0. The van der Waals surface area contributed by atoms with E-state index in [-0.39, 0.29) is 11.7 Å². The molecule has 0 saturated carbocycles. The van der Waals surface area contributed by atoms with Crippen molar-refractivity contribution in [3.05, 3.63) is 0 Å². The summed E-state index contributed by atoms with van der Waals surface area (Å²) >= 11 is 3.93. The van der Waals surface area contributed by atoms with E-state index < -0.39 is 61.1 Å². The van der Waals surface area contributed by atoms with Crippen LogP contribution in [0.5, 0.6) is 0 Å². The number of hydrogen-bond acceptors (Lipinski definition) is 8. The lowest BCUT2D eigenvalue weighted by molar-refractivity contribution is -0.144. The van der Waals surface area contributed by atoms with Crippen LogP contribution in [0, 0.1) is 5.92 Å². The maximum atomic E-state index is 12.2. The Kier molecular flexibility index (Phi) is 11.6. The molecular formula is C15H28N4O7S. The third-order valence-corrected chi connectivity index (χ3v) is 4.31. The molecule has 3 amide bonds. The molecule has 5 unspecified atom stereocenters. The van der Waals surface area contributed by atoms with Gasteiger partial charge >= 0.3 is 5.97 Å². The maximum Gasteiger partial charge on any atom is 0.326 e. The van der Waals surface area contributed by atoms with E-state index in [0.717, 1.165) is 0 Å². The molecule has 0 fully saturated rings. The monoisotopic (exact) mass is 408 g/mol. The normalized spacial score (nSPS) is 16.4. The Bertz CT molecular complexity index is 534. The first kappa shape index (κ1) is 25.1. The first-order valence-corrected chi connectivity index (χ1v) is 8.98. The molecule has 8 N–H and O–H groups in total. The van der Waals surface area contributed by atoms with Gasteiger partial charge in [-0.1, -0.05) is 20.3 Å². The van der Waals surface area contributed by atoms with Crippen molar-refractivity contribution in [2.24, 2.45) is 11.7 Å². The van der Waals surface area contributed by atoms with Crippen molar-refractivity contribution < 1.29 is 34.5 Å². The van der Waals surface area contributed by atoms with Crippen LogP contribution in [-0.4, -0.2) is 82.1 Å². The molecule has 0 aromatic rings. The number of rotatable bonds is 12. The summed E-state index contributed by atoms with van der Waals surface area (Å²) in [6.45, 7) is 1.99. The highest BCUT2D eigenvalue weighted by Crippen LogP contribution is 2.08. The summed E-state index contributed by atoms with van der Waals surface area (Å²) in [6, 6.07) is -5.01. The number of carbonyl (C=O) groups is 4. The minimum absolute atomic E-state index is 0.139. The number of aliphatic hydroxyl groups excluding tert-OH is 2. The number of amides is 3. The van der Waals surface area contributed by atoms with Crippen LogP contribution in [0.2, 0.25) is 0 Å². The molecule has 12 heteroatoms. The summed E-state index contributed by atoms with van der Waals surface area (Å²) in [7, 11) is 0. The molecule has 0 aromatic carbocycles. The molecule has 0 rings (SSSR count). The third-order valence-electron chi connectivity index (χ3n) is 3.94. The van der Waals surface area contributed by atoms with Gasteiger partial charge in [0, 0.05) is 5.75 Å². The van der Waals surface area contributed by atoms with Gasteiger partial charge in [-0.15, -0.1) is 0 Å². The standard InChI is InChI=1S/C15H28N4O7S/c1-3-7(2)11(15(25)26)19-13(23)9(5-21)17-14(24)10(6-27)18-12(22)8(16)4-20/h7-11,20-21,27H,3-6,16H2,1-2H3,(H,17,24)(H,18,22)(H,19,23)(H,25,26). The minimum Gasteiger partial charge on any atom is -0.480 e. The third kappa shape index (κ3) is 8.12. The second-order valence-corrected chi connectivity index (χ2v) is 6.35. The van der Waals surface area contributed by atoms with Gasteiger partial charge in [-0.05, 0) is 5.92 Å². The zero-order chi connectivity index (χ0) is 21.1. The quantitative estimate of drug-likeness (QED) is 0.155. The number of carboxylic acids is 1. The van der Waals surface area contributed by atoms with Gasteiger partial charge in [0.15, 0.2) is 0 Å². The van der Waals surface area contributed by atoms with E-state index in [1.54, 1.807) is 13.8 Å². The van der Waals surface area contributed by atoms with Crippen molar-refractivity contribution in [3.8, 4) is 0 Å². The molecule has 27 heavy (non-hydrogen) atoms. The van der Waals surface area contributed by atoms with Gasteiger partial charge in [0.05, 0.1) is 13.2 Å². The van der Waals surface area contributed by atoms with Crippen LogP contribution >= 0.6 is 12.6 Å². The smallest absolute Gasteiger partial charge is 0.326 e. The molecule has 0 heterocycles. The Hall–Kier alpha value is -1.89. The van der Waals surface area contributed by atoms with Gasteiger partial charge in [0.1, 0.15) is 24.2 Å². The molecule has 0 radical (unpaired) electrons. The zero-order valence-corrected chi connectivity index (χ0v) is 16.1. The predicted molar refractivity (Wildman–Crippen MR) is 98.9 cm³/mol. The van der Waals surface area contributed by atoms with E-state index in [4.69, 9.17) is 10.8 Å². The predicted octanol–water partition coefficient (Wildman–Crippen LogP) is -3.19. The molecule has 0 spiro atoms. The summed E-state index contributed by atoms with van der Waals surface area (Å²) in [5, 5.41) is 34.2. The fourth-order valence-electron chi connectivity index (χ4n) is 1.96. The van der Waals surface area contributed by atoms with Gasteiger partial charge in [0.25, 0.3) is 0 Å². The van der Waals surface area contributed by atoms with E-state index in [1.165, 1.54) is 0 Å². The zero-order valence-electron chi connectivity index (χ0n) is 15.2. The molecule has 0 aliphatic carbocycles. The molecule has 0 aromatic heterocycles. The molecule has 0 bridgehead atoms. The maximum absolute atomic E-state index is 12.2. The Balaban J connectivity index is 5.01. The van der Waals surface area contributed by atoms with Crippen LogP contribution in [0.1, 0.15) is 20.3 Å². The van der Waals surface area contributed by atoms with Crippen molar-refractivity contribution >= 4 is 36.3 Å². The highest BCUT2D eigenvalue weighted by molar-refractivity contribution is 7.80. The topological polar surface area (TPSA) is 191 Å². The Morgan fingerprint density at radius 3 is 1.89 bits per heavy atom. The number of nitrogens with two attached hydrogens (primary N) is 1. The van der Waals surface area contributed by atoms with E-state index in [2.05, 4.69) is 28.6 Å². The van der Waals surface area contributed by atoms with Crippen molar-refractivity contribution in [1.29, 1.82) is 0 Å². The fourth-order valence-corrected chi connectivity index (χ4v) is 2.22. The van der Waals surface area contributed by atoms with Gasteiger partial charge in [-0.3, -0.25) is 14.4 Å². The summed E-state index contributed by atoms with van der Waals surface area (Å²) in [4.78, 5) is 47.4. The molecule has 0 aliphatic heterocycles. The van der Waals surface area contributed by atoms with Crippen LogP contribution in [0.25, 0.3) is 0 Å². The molecular weight excluding hydrogens is 380 g/mol. The molecule has 11 nitrogen and oxygen atoms in total. The van der Waals surface area contributed by atoms with Crippen molar-refractivity contribution in [3.63, 3.8) is 0 Å². The second kappa shape index (κ2) is 12.5. The number of aliphatic hydroxyl groups is 2. The van der Waals surface area contributed by atoms with Crippen molar-refractivity contribution in [1.82, 2.24) is 16.0 Å². The van der Waals surface area contributed by atoms with Crippen LogP contribution in [0.3, 0.4) is 0 Å². The molecule has 5 atom stereocenters. The fraction of sp³-hybridized carbons (Fsp3) is 0.733. The Morgan fingerprint density at radius 1 is 0.963 bits per heavy atom. The average Bonchev–Trinajstić information content (AvgIpc) is 2.65. The molecule has 0 aliphatic rings. The van der Waals surface area contributed by atoms with Crippen LogP contribution in [0.15, 0.2) is 0 Å². The van der Waals surface area contributed by atoms with E-state index in [9.17, 15) is 29.4 Å². The van der Waals surface area contributed by atoms with Gasteiger partial charge in [0.2, 0.25) is 17.7 Å². The van der Waals surface area contributed by atoms with Gasteiger partial charge in [-0.25, -0.2) is 4.79 Å². The average molecular weight is 408 g/mol. The minimum atomic E-state index is -1.42. The van der Waals surface area contributed by atoms with Crippen molar-refractivity contribution in [2.75, 3.05) is 19.0 Å². The van der Waals surface area contributed by atoms with Gasteiger partial charge in [-0.2, -0.15) is 12.6 Å². The SMILES string of the molecule is CCC(C)C(NC(=O)C(CO)NC(=O)C(CS)NC(=O)C(N)CO)C(=O)O. The number of nitrogens with one attached hydrogen (secondary N) is 3. The molecule has 0 saturated heterocycles. The van der Waals surface area contributed by atoms with Crippen molar-refractivity contribution in [2.45, 2.75) is 44.4 Å². The summed E-state index contributed by atoms with van der Waals surface area (Å²) in [6.07, 6.45) is 0.492. The first-order valence-electron chi connectivity index (χ1n) is 8.34. The Labute approximate surface area is 162 Å². The van der Waals surface area contributed by atoms with E-state index in [0.29, 0.717) is 6.42 Å². The van der Waals surface area contributed by atoms with Crippen LogP contribution < -0.4 is 21.7 Å². The van der Waals surface area contributed by atoms with Crippen LogP contribution in [-0.2, 0) is 19.2 Å². The van der Waals surface area contributed by atoms with E-state index >= 15 is 0 Å². The van der Waals surface area contributed by atoms with E-state index in [1.807, 2.05) is 0 Å². The number of carbonyl (C=O) groups excluding carboxylic acids is 3. The first-order chi connectivity index (χ1) is 12.6. The highest BCUT2D eigenvalue weighted by Gasteiger charge is 2.31. The Morgan fingerprint density at radius 2 is 1.48 bits per heavy atom. The lowest BCUT2D eigenvalue weighted by Gasteiger charge is -2.25. The number of aliphatic carboxylic acids is 1.